The first-order valence-corrected chi connectivity index (χ1v) is 11.4. The third-order valence-electron chi connectivity index (χ3n) is 7.21. The van der Waals surface area contributed by atoms with Gasteiger partial charge in [0.15, 0.2) is 0 Å². The summed E-state index contributed by atoms with van der Waals surface area (Å²) < 4.78 is 6.04. The van der Waals surface area contributed by atoms with E-state index < -0.39 is 17.5 Å². The summed E-state index contributed by atoms with van der Waals surface area (Å²) in [6.07, 6.45) is 3.26. The number of aliphatic hydroxyl groups is 1. The molecule has 0 spiro atoms. The van der Waals surface area contributed by atoms with Crippen LogP contribution < -0.4 is 4.74 Å². The monoisotopic (exact) mass is 428 g/mol. The van der Waals surface area contributed by atoms with Crippen LogP contribution in [0.3, 0.4) is 0 Å². The molecule has 2 N–H and O–H groups in total. The van der Waals surface area contributed by atoms with E-state index in [0.717, 1.165) is 36.0 Å². The Kier molecular flexibility index (Phi) is 5.48. The van der Waals surface area contributed by atoms with Gasteiger partial charge in [0, 0.05) is 11.5 Å². The summed E-state index contributed by atoms with van der Waals surface area (Å²) in [5, 5.41) is 20.9. The molecule has 3 aromatic rings. The van der Waals surface area contributed by atoms with E-state index in [2.05, 4.69) is 36.4 Å². The number of carboxylic acids is 1. The first-order valence-electron chi connectivity index (χ1n) is 11.4. The van der Waals surface area contributed by atoms with Crippen LogP contribution in [0.15, 0.2) is 72.8 Å². The van der Waals surface area contributed by atoms with Gasteiger partial charge < -0.3 is 14.9 Å². The van der Waals surface area contributed by atoms with Crippen molar-refractivity contribution >= 4 is 5.97 Å². The molecule has 164 valence electrons. The Morgan fingerprint density at radius 3 is 2.31 bits per heavy atom. The highest BCUT2D eigenvalue weighted by Gasteiger charge is 2.43. The minimum atomic E-state index is -0.819. The average Bonchev–Trinajstić information content (AvgIpc) is 3.33. The fourth-order valence-electron chi connectivity index (χ4n) is 5.29. The Morgan fingerprint density at radius 1 is 0.938 bits per heavy atom. The van der Waals surface area contributed by atoms with Gasteiger partial charge in [0.05, 0.1) is 18.1 Å². The van der Waals surface area contributed by atoms with Gasteiger partial charge in [0.1, 0.15) is 5.75 Å². The lowest BCUT2D eigenvalue weighted by Gasteiger charge is -2.32. The van der Waals surface area contributed by atoms with E-state index in [1.54, 1.807) is 0 Å². The van der Waals surface area contributed by atoms with Gasteiger partial charge in [-0.3, -0.25) is 4.79 Å². The standard InChI is InChI=1S/C28H28O4/c29-26-22(16-19-8-10-21(11-9-19)20-6-2-1-3-7-20)18-32-25-17-23(12-13-24(25)26)28(27(30)31)14-4-5-15-28/h1-3,6-13,17,22,26,29H,4-5,14-16,18H2,(H,30,31)/t22?,26-/m1/s1. The number of aliphatic carboxylic acids is 1. The van der Waals surface area contributed by atoms with Crippen LogP contribution in [-0.4, -0.2) is 22.8 Å². The quantitative estimate of drug-likeness (QED) is 0.560. The van der Waals surface area contributed by atoms with Crippen LogP contribution in [-0.2, 0) is 16.6 Å². The molecule has 32 heavy (non-hydrogen) atoms. The summed E-state index contributed by atoms with van der Waals surface area (Å²) >= 11 is 0. The van der Waals surface area contributed by atoms with Gasteiger partial charge in [-0.25, -0.2) is 0 Å². The van der Waals surface area contributed by atoms with E-state index in [-0.39, 0.29) is 5.92 Å². The average molecular weight is 429 g/mol. The van der Waals surface area contributed by atoms with Crippen molar-refractivity contribution in [2.75, 3.05) is 6.61 Å². The van der Waals surface area contributed by atoms with Crippen molar-refractivity contribution in [1.82, 2.24) is 0 Å². The molecule has 1 heterocycles. The van der Waals surface area contributed by atoms with Gasteiger partial charge in [-0.15, -0.1) is 0 Å². The van der Waals surface area contributed by atoms with E-state index in [1.165, 1.54) is 11.1 Å². The Bertz CT molecular complexity index is 1100. The van der Waals surface area contributed by atoms with Crippen LogP contribution in [0.25, 0.3) is 11.1 Å². The largest absolute Gasteiger partial charge is 0.493 e. The van der Waals surface area contributed by atoms with Crippen LogP contribution in [0.5, 0.6) is 5.75 Å². The fraction of sp³-hybridized carbons (Fsp3) is 0.321. The van der Waals surface area contributed by atoms with Gasteiger partial charge in [0.25, 0.3) is 0 Å². The van der Waals surface area contributed by atoms with Crippen molar-refractivity contribution in [3.05, 3.63) is 89.5 Å². The number of benzene rings is 3. The van der Waals surface area contributed by atoms with E-state index in [0.29, 0.717) is 25.2 Å². The molecule has 2 atom stereocenters. The molecule has 4 nitrogen and oxygen atoms in total. The number of carboxylic acid groups (broad SMARTS) is 1. The second kappa shape index (κ2) is 8.44. The molecule has 1 unspecified atom stereocenters. The molecule has 0 amide bonds. The summed E-state index contributed by atoms with van der Waals surface area (Å²) in [6, 6.07) is 24.3. The number of carbonyl (C=O) groups is 1. The molecule has 0 bridgehead atoms. The molecule has 0 saturated heterocycles. The maximum absolute atomic E-state index is 12.0. The molecule has 0 radical (unpaired) electrons. The van der Waals surface area contributed by atoms with Crippen molar-refractivity contribution in [3.63, 3.8) is 0 Å². The Morgan fingerprint density at radius 2 is 1.62 bits per heavy atom. The Hall–Kier alpha value is -3.11. The zero-order valence-corrected chi connectivity index (χ0v) is 18.0. The molecule has 1 aliphatic heterocycles. The molecule has 1 aliphatic carbocycles. The van der Waals surface area contributed by atoms with Gasteiger partial charge in [-0.2, -0.15) is 0 Å². The fourth-order valence-corrected chi connectivity index (χ4v) is 5.29. The topological polar surface area (TPSA) is 66.8 Å². The van der Waals surface area contributed by atoms with Crippen molar-refractivity contribution in [3.8, 4) is 16.9 Å². The Balaban J connectivity index is 1.33. The Labute approximate surface area is 188 Å². The summed E-state index contributed by atoms with van der Waals surface area (Å²) in [5.74, 6) is -0.183. The molecule has 5 rings (SSSR count). The number of hydrogen-bond acceptors (Lipinski definition) is 3. The smallest absolute Gasteiger partial charge is 0.314 e. The normalized spacial score (nSPS) is 21.5. The number of hydrogen-bond donors (Lipinski definition) is 2. The molecular weight excluding hydrogens is 400 g/mol. The summed E-state index contributed by atoms with van der Waals surface area (Å²) in [5.41, 5.74) is 4.25. The lowest BCUT2D eigenvalue weighted by atomic mass is 9.77. The maximum atomic E-state index is 12.0. The first-order chi connectivity index (χ1) is 15.6. The molecule has 4 heteroatoms. The summed E-state index contributed by atoms with van der Waals surface area (Å²) in [7, 11) is 0. The molecule has 1 fully saturated rings. The van der Waals surface area contributed by atoms with Crippen molar-refractivity contribution in [1.29, 1.82) is 0 Å². The first kappa shape index (κ1) is 20.8. The van der Waals surface area contributed by atoms with E-state index >= 15 is 0 Å². The van der Waals surface area contributed by atoms with Crippen LogP contribution >= 0.6 is 0 Å². The van der Waals surface area contributed by atoms with Gasteiger partial charge in [-0.1, -0.05) is 79.6 Å². The third-order valence-corrected chi connectivity index (χ3v) is 7.21. The molecule has 1 saturated carbocycles. The molecule has 0 aromatic heterocycles. The molecule has 3 aromatic carbocycles. The van der Waals surface area contributed by atoms with E-state index in [1.807, 2.05) is 36.4 Å². The van der Waals surface area contributed by atoms with Crippen molar-refractivity contribution in [2.24, 2.45) is 5.92 Å². The van der Waals surface area contributed by atoms with Crippen LogP contribution in [0.4, 0.5) is 0 Å². The zero-order chi connectivity index (χ0) is 22.1. The van der Waals surface area contributed by atoms with Crippen molar-refractivity contribution in [2.45, 2.75) is 43.6 Å². The van der Waals surface area contributed by atoms with Crippen LogP contribution in [0.2, 0.25) is 0 Å². The zero-order valence-electron chi connectivity index (χ0n) is 18.0. The van der Waals surface area contributed by atoms with E-state index in [4.69, 9.17) is 4.74 Å². The third kappa shape index (κ3) is 3.69. The number of fused-ring (bicyclic) bond motifs is 1. The minimum absolute atomic E-state index is 0.0455. The predicted octanol–water partition coefficient (Wildman–Crippen LogP) is 5.53. The van der Waals surface area contributed by atoms with E-state index in [9.17, 15) is 15.0 Å². The second-order valence-electron chi connectivity index (χ2n) is 9.13. The van der Waals surface area contributed by atoms with Gasteiger partial charge in [-0.05, 0) is 47.6 Å². The number of ether oxygens (including phenoxy) is 1. The lowest BCUT2D eigenvalue weighted by Crippen LogP contribution is -2.33. The highest BCUT2D eigenvalue weighted by molar-refractivity contribution is 5.82. The summed E-state index contributed by atoms with van der Waals surface area (Å²) in [6.45, 7) is 0.415. The minimum Gasteiger partial charge on any atom is -0.493 e. The van der Waals surface area contributed by atoms with Crippen LogP contribution in [0, 0.1) is 5.92 Å². The molecule has 2 aliphatic rings. The molecular formula is C28H28O4. The lowest BCUT2D eigenvalue weighted by molar-refractivity contribution is -0.143. The van der Waals surface area contributed by atoms with Gasteiger partial charge in [0.2, 0.25) is 0 Å². The maximum Gasteiger partial charge on any atom is 0.314 e. The predicted molar refractivity (Wildman–Crippen MR) is 124 cm³/mol. The number of rotatable bonds is 5. The summed E-state index contributed by atoms with van der Waals surface area (Å²) in [4.78, 5) is 12.0. The van der Waals surface area contributed by atoms with Crippen molar-refractivity contribution < 1.29 is 19.7 Å². The highest BCUT2D eigenvalue weighted by atomic mass is 16.5. The SMILES string of the molecule is O=C(O)C1(c2ccc3c(c2)OCC(Cc2ccc(-c4ccccc4)cc2)[C@H]3O)CCCC1. The second-order valence-corrected chi connectivity index (χ2v) is 9.13. The van der Waals surface area contributed by atoms with Crippen LogP contribution in [0.1, 0.15) is 48.5 Å². The number of aliphatic hydroxyl groups excluding tert-OH is 1. The van der Waals surface area contributed by atoms with Gasteiger partial charge >= 0.3 is 5.97 Å². The highest BCUT2D eigenvalue weighted by Crippen LogP contribution is 2.45.